The summed E-state index contributed by atoms with van der Waals surface area (Å²) in [4.78, 5) is 26.5. The molecular weight excluding hydrogens is 268 g/mol. The molecule has 2 heterocycles. The maximum Gasteiger partial charge on any atom is 0.256 e. The highest BCUT2D eigenvalue weighted by molar-refractivity contribution is 6.27. The summed E-state index contributed by atoms with van der Waals surface area (Å²) in [5.74, 6) is -0.116. The van der Waals surface area contributed by atoms with Crippen LogP contribution in [-0.2, 0) is 4.79 Å². The molecule has 1 unspecified atom stereocenters. The summed E-state index contributed by atoms with van der Waals surface area (Å²) < 4.78 is 1.76. The zero-order valence-corrected chi connectivity index (χ0v) is 11.8. The van der Waals surface area contributed by atoms with Gasteiger partial charge in [-0.3, -0.25) is 14.3 Å². The second-order valence-corrected chi connectivity index (χ2v) is 5.09. The molecule has 0 aliphatic carbocycles. The normalized spacial score (nSPS) is 18.7. The number of aromatic nitrogens is 2. The Labute approximate surface area is 116 Å². The zero-order valence-electron chi connectivity index (χ0n) is 11.0. The van der Waals surface area contributed by atoms with E-state index < -0.39 is 0 Å². The molecule has 2 amide bonds. The first kappa shape index (κ1) is 13.9. The van der Waals surface area contributed by atoms with Crippen LogP contribution in [0.3, 0.4) is 0 Å². The summed E-state index contributed by atoms with van der Waals surface area (Å²) >= 11 is 5.54. The molecule has 7 heteroatoms. The second-order valence-electron chi connectivity index (χ2n) is 4.82. The van der Waals surface area contributed by atoms with Gasteiger partial charge in [0, 0.05) is 33.4 Å². The third-order valence-corrected chi connectivity index (χ3v) is 3.49. The van der Waals surface area contributed by atoms with Gasteiger partial charge < -0.3 is 9.80 Å². The smallest absolute Gasteiger partial charge is 0.256 e. The number of rotatable bonds is 3. The Morgan fingerprint density at radius 1 is 1.53 bits per heavy atom. The first-order valence-corrected chi connectivity index (χ1v) is 6.66. The molecular formula is C12H17ClN4O2. The highest BCUT2D eigenvalue weighted by Crippen LogP contribution is 2.21. The van der Waals surface area contributed by atoms with Gasteiger partial charge in [-0.2, -0.15) is 5.10 Å². The lowest BCUT2D eigenvalue weighted by Crippen LogP contribution is -2.30. The third-order valence-electron chi connectivity index (χ3n) is 3.26. The van der Waals surface area contributed by atoms with Gasteiger partial charge in [0.15, 0.2) is 0 Å². The summed E-state index contributed by atoms with van der Waals surface area (Å²) in [6.07, 6.45) is 4.13. The van der Waals surface area contributed by atoms with E-state index >= 15 is 0 Å². The quantitative estimate of drug-likeness (QED) is 0.764. The molecule has 6 nitrogen and oxygen atoms in total. The lowest BCUT2D eigenvalue weighted by molar-refractivity contribution is -0.127. The van der Waals surface area contributed by atoms with Crippen molar-refractivity contribution in [1.29, 1.82) is 0 Å². The largest absolute Gasteiger partial charge is 0.345 e. The molecule has 1 aromatic rings. The van der Waals surface area contributed by atoms with Gasteiger partial charge in [-0.15, -0.1) is 11.6 Å². The Kier molecular flexibility index (Phi) is 4.09. The molecule has 1 aromatic heterocycles. The van der Waals surface area contributed by atoms with Crippen LogP contribution in [0.5, 0.6) is 0 Å². The van der Waals surface area contributed by atoms with Crippen LogP contribution in [0.15, 0.2) is 12.4 Å². The molecule has 0 bridgehead atoms. The van der Waals surface area contributed by atoms with Crippen molar-refractivity contribution in [3.8, 4) is 0 Å². The zero-order chi connectivity index (χ0) is 14.0. The number of hydrogen-bond donors (Lipinski definition) is 0. The van der Waals surface area contributed by atoms with Gasteiger partial charge in [-0.25, -0.2) is 0 Å². The average molecular weight is 285 g/mol. The Hall–Kier alpha value is -1.56. The van der Waals surface area contributed by atoms with Gasteiger partial charge in [0.1, 0.15) is 5.88 Å². The van der Waals surface area contributed by atoms with E-state index in [1.165, 1.54) is 4.90 Å². The molecule has 0 saturated carbocycles. The Balaban J connectivity index is 2.04. The van der Waals surface area contributed by atoms with E-state index in [2.05, 4.69) is 5.10 Å². The van der Waals surface area contributed by atoms with Crippen LogP contribution < -0.4 is 0 Å². The van der Waals surface area contributed by atoms with Crippen molar-refractivity contribution in [3.63, 3.8) is 0 Å². The second kappa shape index (κ2) is 5.61. The van der Waals surface area contributed by atoms with E-state index in [0.717, 1.165) is 6.42 Å². The SMILES string of the molecule is CN(C)C(=O)c1cnn(C2CCN(C(=O)CCl)C2)c1. The van der Waals surface area contributed by atoms with Crippen molar-refractivity contribution in [2.24, 2.45) is 0 Å². The Morgan fingerprint density at radius 3 is 2.89 bits per heavy atom. The summed E-state index contributed by atoms with van der Waals surface area (Å²) in [6, 6.07) is 0.121. The molecule has 104 valence electrons. The lowest BCUT2D eigenvalue weighted by Gasteiger charge is -2.15. The number of amides is 2. The Bertz CT molecular complexity index is 486. The van der Waals surface area contributed by atoms with Gasteiger partial charge in [-0.1, -0.05) is 0 Å². The summed E-state index contributed by atoms with van der Waals surface area (Å²) in [6.45, 7) is 1.29. The Morgan fingerprint density at radius 2 is 2.26 bits per heavy atom. The maximum atomic E-state index is 11.8. The minimum absolute atomic E-state index is 0.0101. The summed E-state index contributed by atoms with van der Waals surface area (Å²) in [5.41, 5.74) is 0.562. The van der Waals surface area contributed by atoms with Crippen molar-refractivity contribution >= 4 is 23.4 Å². The predicted octanol–water partition coefficient (Wildman–Crippen LogP) is 0.597. The molecule has 0 aromatic carbocycles. The molecule has 0 spiro atoms. The number of hydrogen-bond acceptors (Lipinski definition) is 3. The van der Waals surface area contributed by atoms with Crippen molar-refractivity contribution < 1.29 is 9.59 Å². The van der Waals surface area contributed by atoms with Crippen molar-refractivity contribution in [3.05, 3.63) is 18.0 Å². The van der Waals surface area contributed by atoms with E-state index in [1.807, 2.05) is 0 Å². The molecule has 1 aliphatic rings. The average Bonchev–Trinajstić information content (AvgIpc) is 3.04. The molecule has 1 saturated heterocycles. The fraction of sp³-hybridized carbons (Fsp3) is 0.583. The number of carbonyl (C=O) groups is 2. The van der Waals surface area contributed by atoms with Gasteiger partial charge in [-0.05, 0) is 6.42 Å². The molecule has 0 N–H and O–H groups in total. The standard InChI is InChI=1S/C12H17ClN4O2/c1-15(2)12(19)9-6-14-17(7-9)10-3-4-16(8-10)11(18)5-13/h6-7,10H,3-5,8H2,1-2H3. The van der Waals surface area contributed by atoms with E-state index in [9.17, 15) is 9.59 Å². The fourth-order valence-corrected chi connectivity index (χ4v) is 2.34. The monoisotopic (exact) mass is 284 g/mol. The highest BCUT2D eigenvalue weighted by Gasteiger charge is 2.27. The number of halogens is 1. The van der Waals surface area contributed by atoms with Crippen LogP contribution in [0.2, 0.25) is 0 Å². The first-order valence-electron chi connectivity index (χ1n) is 6.12. The molecule has 1 fully saturated rings. The number of likely N-dealkylation sites (tertiary alicyclic amines) is 1. The highest BCUT2D eigenvalue weighted by atomic mass is 35.5. The summed E-state index contributed by atoms with van der Waals surface area (Å²) in [5, 5.41) is 4.22. The van der Waals surface area contributed by atoms with E-state index in [1.54, 1.807) is 36.1 Å². The van der Waals surface area contributed by atoms with Gasteiger partial charge >= 0.3 is 0 Å². The number of carbonyl (C=O) groups excluding carboxylic acids is 2. The molecule has 2 rings (SSSR count). The number of nitrogens with zero attached hydrogens (tertiary/aromatic N) is 4. The van der Waals surface area contributed by atoms with Gasteiger partial charge in [0.25, 0.3) is 5.91 Å². The molecule has 1 atom stereocenters. The summed E-state index contributed by atoms with van der Waals surface area (Å²) in [7, 11) is 3.41. The van der Waals surface area contributed by atoms with Crippen LogP contribution in [0.4, 0.5) is 0 Å². The fourth-order valence-electron chi connectivity index (χ4n) is 2.18. The predicted molar refractivity (Wildman–Crippen MR) is 71.2 cm³/mol. The molecule has 1 aliphatic heterocycles. The van der Waals surface area contributed by atoms with Crippen LogP contribution in [0, 0.1) is 0 Å². The van der Waals surface area contributed by atoms with Crippen LogP contribution in [0.1, 0.15) is 22.8 Å². The minimum Gasteiger partial charge on any atom is -0.345 e. The van der Waals surface area contributed by atoms with Crippen LogP contribution in [-0.4, -0.2) is 64.5 Å². The third kappa shape index (κ3) is 2.89. The van der Waals surface area contributed by atoms with Crippen LogP contribution >= 0.6 is 11.6 Å². The number of alkyl halides is 1. The first-order chi connectivity index (χ1) is 9.02. The van der Waals surface area contributed by atoms with E-state index in [0.29, 0.717) is 18.7 Å². The molecule has 19 heavy (non-hydrogen) atoms. The van der Waals surface area contributed by atoms with E-state index in [4.69, 9.17) is 11.6 Å². The van der Waals surface area contributed by atoms with Crippen molar-refractivity contribution in [2.75, 3.05) is 33.1 Å². The van der Waals surface area contributed by atoms with Gasteiger partial charge in [0.2, 0.25) is 5.91 Å². The lowest BCUT2D eigenvalue weighted by atomic mass is 10.2. The molecule has 0 radical (unpaired) electrons. The van der Waals surface area contributed by atoms with Crippen molar-refractivity contribution in [1.82, 2.24) is 19.6 Å². The van der Waals surface area contributed by atoms with Crippen molar-refractivity contribution in [2.45, 2.75) is 12.5 Å². The van der Waals surface area contributed by atoms with E-state index in [-0.39, 0.29) is 23.7 Å². The van der Waals surface area contributed by atoms with Crippen LogP contribution in [0.25, 0.3) is 0 Å². The topological polar surface area (TPSA) is 58.4 Å². The minimum atomic E-state index is -0.0714. The maximum absolute atomic E-state index is 11.8. The van der Waals surface area contributed by atoms with Gasteiger partial charge in [0.05, 0.1) is 17.8 Å².